The third-order valence-electron chi connectivity index (χ3n) is 4.83. The van der Waals surface area contributed by atoms with Crippen LogP contribution in [0, 0.1) is 5.92 Å². The highest BCUT2D eigenvalue weighted by Crippen LogP contribution is 2.31. The molecular weight excluding hydrogens is 354 g/mol. The third-order valence-corrected chi connectivity index (χ3v) is 6.66. The van der Waals surface area contributed by atoms with Crippen molar-refractivity contribution in [1.82, 2.24) is 19.7 Å². The van der Waals surface area contributed by atoms with Crippen molar-refractivity contribution < 1.29 is 0 Å². The number of aryl methyl sites for hydroxylation is 1. The van der Waals surface area contributed by atoms with Crippen molar-refractivity contribution in [3.8, 4) is 0 Å². The zero-order valence-corrected chi connectivity index (χ0v) is 15.2. The number of aromatic nitrogens is 4. The Balaban J connectivity index is 1.32. The van der Waals surface area contributed by atoms with Gasteiger partial charge in [0.15, 0.2) is 0 Å². The molecule has 0 spiro atoms. The van der Waals surface area contributed by atoms with Crippen LogP contribution in [0.25, 0.3) is 10.2 Å². The second kappa shape index (κ2) is 6.10. The summed E-state index contributed by atoms with van der Waals surface area (Å²) in [6.45, 7) is 2.50. The molecule has 25 heavy (non-hydrogen) atoms. The lowest BCUT2D eigenvalue weighted by Gasteiger charge is -2.40. The lowest BCUT2D eigenvalue weighted by Crippen LogP contribution is -2.50. The van der Waals surface area contributed by atoms with Crippen LogP contribution in [0.15, 0.2) is 28.6 Å². The van der Waals surface area contributed by atoms with Gasteiger partial charge in [-0.1, -0.05) is 0 Å². The van der Waals surface area contributed by atoms with Gasteiger partial charge >= 0.3 is 0 Å². The predicted octanol–water partition coefficient (Wildman–Crippen LogP) is 2.17. The van der Waals surface area contributed by atoms with Gasteiger partial charge in [-0.2, -0.15) is 16.9 Å². The molecule has 0 N–H and O–H groups in total. The fourth-order valence-corrected chi connectivity index (χ4v) is 5.19. The maximum atomic E-state index is 12.3. The number of nitrogens with zero attached hydrogens (tertiary/aromatic N) is 5. The van der Waals surface area contributed by atoms with Crippen molar-refractivity contribution >= 4 is 39.1 Å². The topological polar surface area (TPSA) is 63.9 Å². The van der Waals surface area contributed by atoms with E-state index in [2.05, 4.69) is 31.4 Å². The Morgan fingerprint density at radius 2 is 2.20 bits per heavy atom. The maximum absolute atomic E-state index is 12.3. The molecule has 0 aromatic carbocycles. The molecule has 8 heteroatoms. The number of hydrogen-bond acceptors (Lipinski definition) is 7. The Hall–Kier alpha value is -1.93. The SMILES string of the molecule is O=c1cc2c(nn1CC1CN(c3ncnc4sccc34)C1)CCSC2. The molecule has 128 valence electrons. The normalized spacial score (nSPS) is 17.5. The number of anilines is 1. The van der Waals surface area contributed by atoms with Gasteiger partial charge < -0.3 is 4.90 Å². The van der Waals surface area contributed by atoms with Crippen molar-refractivity contribution in [2.75, 3.05) is 23.7 Å². The van der Waals surface area contributed by atoms with Gasteiger partial charge in [-0.25, -0.2) is 14.6 Å². The van der Waals surface area contributed by atoms with Gasteiger partial charge in [0.2, 0.25) is 0 Å². The summed E-state index contributed by atoms with van der Waals surface area (Å²) in [7, 11) is 0. The first-order valence-corrected chi connectivity index (χ1v) is 10.4. The van der Waals surface area contributed by atoms with E-state index in [9.17, 15) is 4.79 Å². The van der Waals surface area contributed by atoms with Gasteiger partial charge in [0.1, 0.15) is 17.0 Å². The van der Waals surface area contributed by atoms with Crippen LogP contribution in [0.3, 0.4) is 0 Å². The molecule has 0 aliphatic carbocycles. The molecule has 0 unspecified atom stereocenters. The molecule has 3 aromatic rings. The van der Waals surface area contributed by atoms with E-state index in [1.807, 2.05) is 11.8 Å². The first-order valence-electron chi connectivity index (χ1n) is 8.39. The maximum Gasteiger partial charge on any atom is 0.267 e. The first-order chi connectivity index (χ1) is 12.3. The molecule has 0 atom stereocenters. The second-order valence-corrected chi connectivity index (χ2v) is 8.55. The summed E-state index contributed by atoms with van der Waals surface area (Å²) in [4.78, 5) is 24.4. The Bertz CT molecular complexity index is 992. The molecule has 0 radical (unpaired) electrons. The van der Waals surface area contributed by atoms with E-state index in [-0.39, 0.29) is 5.56 Å². The number of fused-ring (bicyclic) bond motifs is 2. The third kappa shape index (κ3) is 2.73. The molecule has 2 aliphatic heterocycles. The fourth-order valence-electron chi connectivity index (χ4n) is 3.52. The molecule has 3 aromatic heterocycles. The van der Waals surface area contributed by atoms with Gasteiger partial charge in [0.25, 0.3) is 5.56 Å². The number of thioether (sulfide) groups is 1. The Morgan fingerprint density at radius 3 is 3.12 bits per heavy atom. The van der Waals surface area contributed by atoms with Crippen molar-refractivity contribution in [1.29, 1.82) is 0 Å². The van der Waals surface area contributed by atoms with Gasteiger partial charge in [-0.05, 0) is 22.8 Å². The molecule has 1 saturated heterocycles. The lowest BCUT2D eigenvalue weighted by atomic mass is 10.00. The van der Waals surface area contributed by atoms with E-state index in [1.54, 1.807) is 28.4 Å². The van der Waals surface area contributed by atoms with Gasteiger partial charge in [0.05, 0.1) is 17.6 Å². The van der Waals surface area contributed by atoms with Crippen molar-refractivity contribution in [3.63, 3.8) is 0 Å². The summed E-state index contributed by atoms with van der Waals surface area (Å²) in [6.07, 6.45) is 2.60. The summed E-state index contributed by atoms with van der Waals surface area (Å²) in [6, 6.07) is 3.86. The minimum Gasteiger partial charge on any atom is -0.355 e. The average Bonchev–Trinajstić information content (AvgIpc) is 3.07. The Labute approximate surface area is 152 Å². The van der Waals surface area contributed by atoms with Crippen LogP contribution >= 0.6 is 23.1 Å². The largest absolute Gasteiger partial charge is 0.355 e. The smallest absolute Gasteiger partial charge is 0.267 e. The average molecular weight is 371 g/mol. The summed E-state index contributed by atoms with van der Waals surface area (Å²) in [5, 5.41) is 7.79. The van der Waals surface area contributed by atoms with E-state index in [4.69, 9.17) is 0 Å². The highest BCUT2D eigenvalue weighted by atomic mass is 32.2. The van der Waals surface area contributed by atoms with Crippen LogP contribution in [0.2, 0.25) is 0 Å². The number of hydrogen-bond donors (Lipinski definition) is 0. The van der Waals surface area contributed by atoms with Gasteiger partial charge in [0, 0.05) is 37.2 Å². The van der Waals surface area contributed by atoms with Crippen molar-refractivity contribution in [2.45, 2.75) is 18.7 Å². The second-order valence-electron chi connectivity index (χ2n) is 6.55. The summed E-state index contributed by atoms with van der Waals surface area (Å²) in [5.41, 5.74) is 2.25. The Kier molecular flexibility index (Phi) is 3.74. The Morgan fingerprint density at radius 1 is 1.28 bits per heavy atom. The van der Waals surface area contributed by atoms with Gasteiger partial charge in [-0.15, -0.1) is 11.3 Å². The van der Waals surface area contributed by atoms with Gasteiger partial charge in [-0.3, -0.25) is 4.79 Å². The van der Waals surface area contributed by atoms with Crippen LogP contribution in [0.1, 0.15) is 11.3 Å². The standard InChI is InChI=1S/C17H17N5OS2/c23-15-5-12-9-24-3-2-14(12)20-22(15)8-11-6-21(7-11)16-13-1-4-25-17(13)19-10-18-16/h1,4-5,10-11H,2-3,6-9H2. The number of rotatable bonds is 3. The highest BCUT2D eigenvalue weighted by molar-refractivity contribution is 7.98. The quantitative estimate of drug-likeness (QED) is 0.703. The molecule has 2 aliphatic rings. The lowest BCUT2D eigenvalue weighted by molar-refractivity contribution is 0.331. The minimum absolute atomic E-state index is 0.0296. The summed E-state index contributed by atoms with van der Waals surface area (Å²) < 4.78 is 1.66. The van der Waals surface area contributed by atoms with E-state index < -0.39 is 0 Å². The van der Waals surface area contributed by atoms with Crippen molar-refractivity contribution in [3.05, 3.63) is 45.5 Å². The van der Waals surface area contributed by atoms with Crippen LogP contribution in [0.4, 0.5) is 5.82 Å². The minimum atomic E-state index is 0.0296. The zero-order chi connectivity index (χ0) is 16.8. The van der Waals surface area contributed by atoms with E-state index in [1.165, 1.54) is 0 Å². The molecule has 0 saturated carbocycles. The monoisotopic (exact) mass is 371 g/mol. The summed E-state index contributed by atoms with van der Waals surface area (Å²) >= 11 is 3.51. The zero-order valence-electron chi connectivity index (χ0n) is 13.6. The van der Waals surface area contributed by atoms with Crippen LogP contribution in [-0.4, -0.2) is 38.6 Å². The van der Waals surface area contributed by atoms with Crippen LogP contribution in [0.5, 0.6) is 0 Å². The van der Waals surface area contributed by atoms with Crippen LogP contribution in [-0.2, 0) is 18.7 Å². The van der Waals surface area contributed by atoms with Crippen LogP contribution < -0.4 is 10.5 Å². The van der Waals surface area contributed by atoms with E-state index >= 15 is 0 Å². The highest BCUT2D eigenvalue weighted by Gasteiger charge is 2.30. The molecule has 5 rings (SSSR count). The molecular formula is C17H17N5OS2. The molecule has 5 heterocycles. The number of thiophene rings is 1. The predicted molar refractivity (Wildman–Crippen MR) is 101 cm³/mol. The molecule has 0 bridgehead atoms. The first kappa shape index (κ1) is 15.3. The summed E-state index contributed by atoms with van der Waals surface area (Å²) in [5.74, 6) is 3.45. The molecule has 1 fully saturated rings. The molecule has 0 amide bonds. The fraction of sp³-hybridized carbons (Fsp3) is 0.412. The van der Waals surface area contributed by atoms with E-state index in [0.29, 0.717) is 12.5 Å². The molecule has 6 nitrogen and oxygen atoms in total. The van der Waals surface area contributed by atoms with Crippen molar-refractivity contribution in [2.24, 2.45) is 5.92 Å². The van der Waals surface area contributed by atoms with E-state index in [0.717, 1.165) is 58.3 Å².